The zero-order chi connectivity index (χ0) is 21.1. The summed E-state index contributed by atoms with van der Waals surface area (Å²) in [6.45, 7) is 0. The van der Waals surface area contributed by atoms with Crippen LogP contribution in [0.4, 0.5) is 5.69 Å². The first-order valence-electron chi connectivity index (χ1n) is 12.1. The zero-order valence-electron chi connectivity index (χ0n) is 18.4. The predicted molar refractivity (Wildman–Crippen MR) is 134 cm³/mol. The Morgan fingerprint density at radius 2 is 1.66 bits per heavy atom. The molecule has 7 rings (SSSR count). The van der Waals surface area contributed by atoms with Crippen LogP contribution in [0.25, 0.3) is 22.7 Å². The van der Waals surface area contributed by atoms with E-state index in [0.29, 0.717) is 12.0 Å². The van der Waals surface area contributed by atoms with Crippen molar-refractivity contribution in [1.29, 1.82) is 0 Å². The molecule has 2 atom stereocenters. The summed E-state index contributed by atoms with van der Waals surface area (Å²) in [5, 5.41) is 1.40. The van der Waals surface area contributed by atoms with Gasteiger partial charge in [-0.05, 0) is 80.0 Å². The highest BCUT2D eigenvalue weighted by Gasteiger charge is 2.40. The maximum absolute atomic E-state index is 2.65. The van der Waals surface area contributed by atoms with E-state index in [4.69, 9.17) is 0 Å². The van der Waals surface area contributed by atoms with Gasteiger partial charge >= 0.3 is 0 Å². The van der Waals surface area contributed by atoms with Gasteiger partial charge in [-0.3, -0.25) is 0 Å². The molecule has 2 nitrogen and oxygen atoms in total. The zero-order valence-corrected chi connectivity index (χ0v) is 18.4. The van der Waals surface area contributed by atoms with E-state index in [1.165, 1.54) is 46.4 Å². The maximum Gasteiger partial charge on any atom is 0.0588 e. The van der Waals surface area contributed by atoms with Gasteiger partial charge in [-0.15, -0.1) is 0 Å². The average Bonchev–Trinajstić information content (AvgIpc) is 3.37. The number of fused-ring (bicyclic) bond motifs is 5. The molecule has 2 unspecified atom stereocenters. The van der Waals surface area contributed by atoms with Gasteiger partial charge in [0.15, 0.2) is 0 Å². The third-order valence-corrected chi connectivity index (χ3v) is 7.78. The normalized spacial score (nSPS) is 23.6. The Hall–Kier alpha value is -3.26. The van der Waals surface area contributed by atoms with E-state index in [-0.39, 0.29) is 0 Å². The number of para-hydroxylation sites is 1. The molecule has 0 amide bonds. The summed E-state index contributed by atoms with van der Waals surface area (Å²) in [5.74, 6) is 0.637. The van der Waals surface area contributed by atoms with Crippen molar-refractivity contribution in [1.82, 2.24) is 4.57 Å². The molecule has 1 aromatic heterocycles. The first-order valence-corrected chi connectivity index (χ1v) is 12.1. The lowest BCUT2D eigenvalue weighted by atomic mass is 9.84. The van der Waals surface area contributed by atoms with Crippen LogP contribution in [0.1, 0.15) is 43.4 Å². The number of hydrogen-bond donors (Lipinski definition) is 0. The molecular formula is C30H28N2. The Bertz CT molecular complexity index is 1350. The van der Waals surface area contributed by atoms with Crippen LogP contribution in [0.2, 0.25) is 0 Å². The minimum Gasteiger partial charge on any atom is -0.337 e. The highest BCUT2D eigenvalue weighted by Crippen LogP contribution is 2.46. The predicted octanol–water partition coefficient (Wildman–Crippen LogP) is 7.35. The number of aromatic nitrogens is 1. The molecule has 4 aliphatic rings. The molecule has 0 saturated carbocycles. The highest BCUT2D eigenvalue weighted by molar-refractivity contribution is 5.91. The van der Waals surface area contributed by atoms with Crippen molar-refractivity contribution in [3.8, 4) is 5.69 Å². The number of allylic oxidation sites excluding steroid dienone is 5. The van der Waals surface area contributed by atoms with Gasteiger partial charge in [0.25, 0.3) is 0 Å². The third-order valence-electron chi connectivity index (χ3n) is 7.78. The van der Waals surface area contributed by atoms with Gasteiger partial charge in [0.05, 0.1) is 11.6 Å². The highest BCUT2D eigenvalue weighted by atomic mass is 15.2. The molecule has 2 heteroatoms. The number of aryl methyl sites for hydroxylation is 1. The van der Waals surface area contributed by atoms with Gasteiger partial charge in [0, 0.05) is 34.1 Å². The lowest BCUT2D eigenvalue weighted by molar-refractivity contribution is 0.519. The monoisotopic (exact) mass is 416 g/mol. The van der Waals surface area contributed by atoms with Gasteiger partial charge in [-0.1, -0.05) is 54.6 Å². The fraction of sp³-hybridized carbons (Fsp3) is 0.267. The van der Waals surface area contributed by atoms with Gasteiger partial charge < -0.3 is 9.47 Å². The molecule has 3 aromatic rings. The molecule has 158 valence electrons. The summed E-state index contributed by atoms with van der Waals surface area (Å²) < 4.78 is 2.48. The first kappa shape index (κ1) is 18.3. The van der Waals surface area contributed by atoms with Crippen molar-refractivity contribution in [3.63, 3.8) is 0 Å². The minimum atomic E-state index is 0.460. The van der Waals surface area contributed by atoms with E-state index in [1.807, 2.05) is 0 Å². The maximum atomic E-state index is 2.65. The van der Waals surface area contributed by atoms with Gasteiger partial charge in [-0.25, -0.2) is 0 Å². The Morgan fingerprint density at radius 3 is 2.66 bits per heavy atom. The summed E-state index contributed by atoms with van der Waals surface area (Å²) in [4.78, 5) is 2.65. The molecule has 0 spiro atoms. The number of nitrogens with zero attached hydrogens (tertiary/aromatic N) is 2. The van der Waals surface area contributed by atoms with Crippen LogP contribution < -0.4 is 4.90 Å². The van der Waals surface area contributed by atoms with Crippen LogP contribution in [0.3, 0.4) is 0 Å². The van der Waals surface area contributed by atoms with Crippen molar-refractivity contribution in [2.75, 3.05) is 4.90 Å². The second-order valence-corrected chi connectivity index (χ2v) is 9.49. The van der Waals surface area contributed by atoms with E-state index in [0.717, 1.165) is 25.7 Å². The second kappa shape index (κ2) is 7.13. The summed E-state index contributed by atoms with van der Waals surface area (Å²) in [6, 6.07) is 18.6. The summed E-state index contributed by atoms with van der Waals surface area (Å²) >= 11 is 0. The standard InChI is InChI=1S/C30H28N2/c1-5-16-27-23(12-1)24-13-2-6-17-28(24)31(27)21-10-9-11-22(20-21)32-29-18-7-3-14-25(29)26-15-4-8-19-30(26)32/h1,3,5-6,8-12,14,16-17,19-20,26,30H,2,4,7,13,15,18H2. The second-order valence-electron chi connectivity index (χ2n) is 9.49. The number of anilines is 1. The van der Waals surface area contributed by atoms with Crippen molar-refractivity contribution in [2.24, 2.45) is 5.92 Å². The van der Waals surface area contributed by atoms with Crippen molar-refractivity contribution in [2.45, 2.75) is 44.6 Å². The van der Waals surface area contributed by atoms with E-state index < -0.39 is 0 Å². The Kier molecular flexibility index (Phi) is 4.08. The van der Waals surface area contributed by atoms with E-state index in [2.05, 4.69) is 94.5 Å². The first-order chi connectivity index (χ1) is 15.9. The smallest absolute Gasteiger partial charge is 0.0588 e. The van der Waals surface area contributed by atoms with Crippen LogP contribution in [0.5, 0.6) is 0 Å². The van der Waals surface area contributed by atoms with Crippen LogP contribution >= 0.6 is 0 Å². The molecule has 0 bridgehead atoms. The molecule has 2 aromatic carbocycles. The Balaban J connectivity index is 1.40. The number of benzene rings is 2. The molecule has 2 heterocycles. The van der Waals surface area contributed by atoms with Crippen LogP contribution in [-0.4, -0.2) is 10.6 Å². The lowest BCUT2D eigenvalue weighted by Gasteiger charge is -2.32. The van der Waals surface area contributed by atoms with Crippen LogP contribution in [0.15, 0.2) is 90.2 Å². The van der Waals surface area contributed by atoms with Crippen molar-refractivity contribution >= 4 is 22.7 Å². The molecular weight excluding hydrogens is 388 g/mol. The van der Waals surface area contributed by atoms with E-state index in [1.54, 1.807) is 11.3 Å². The molecule has 1 aliphatic heterocycles. The summed E-state index contributed by atoms with van der Waals surface area (Å²) in [6.07, 6.45) is 21.3. The van der Waals surface area contributed by atoms with Gasteiger partial charge in [0.2, 0.25) is 0 Å². The molecule has 0 fully saturated rings. The average molecular weight is 417 g/mol. The topological polar surface area (TPSA) is 8.17 Å². The van der Waals surface area contributed by atoms with Crippen LogP contribution in [0, 0.1) is 5.92 Å². The molecule has 0 saturated heterocycles. The molecule has 32 heavy (non-hydrogen) atoms. The van der Waals surface area contributed by atoms with Crippen molar-refractivity contribution in [3.05, 3.63) is 101 Å². The largest absolute Gasteiger partial charge is 0.337 e. The molecule has 0 N–H and O–H groups in total. The third kappa shape index (κ3) is 2.59. The van der Waals surface area contributed by atoms with E-state index >= 15 is 0 Å². The Morgan fingerprint density at radius 1 is 0.781 bits per heavy atom. The molecule has 0 radical (unpaired) electrons. The SMILES string of the molecule is C1=CC2=C(CC1)N(c1cccc(-n3c4c(c5ccccc53)CCC=C4)c1)C1C=CCCC21. The summed E-state index contributed by atoms with van der Waals surface area (Å²) in [5.41, 5.74) is 9.89. The number of rotatable bonds is 2. The fourth-order valence-electron chi connectivity index (χ4n) is 6.44. The van der Waals surface area contributed by atoms with Gasteiger partial charge in [-0.2, -0.15) is 0 Å². The van der Waals surface area contributed by atoms with Gasteiger partial charge in [0.1, 0.15) is 0 Å². The summed E-state index contributed by atoms with van der Waals surface area (Å²) in [7, 11) is 0. The lowest BCUT2D eigenvalue weighted by Crippen LogP contribution is -2.34. The minimum absolute atomic E-state index is 0.460. The van der Waals surface area contributed by atoms with Crippen molar-refractivity contribution < 1.29 is 0 Å². The molecule has 3 aliphatic carbocycles. The van der Waals surface area contributed by atoms with Crippen LogP contribution in [-0.2, 0) is 6.42 Å². The fourth-order valence-corrected chi connectivity index (χ4v) is 6.44. The quantitative estimate of drug-likeness (QED) is 0.397. The van der Waals surface area contributed by atoms with E-state index in [9.17, 15) is 0 Å². The Labute approximate surface area is 189 Å². The number of hydrogen-bond acceptors (Lipinski definition) is 1.